The first kappa shape index (κ1) is 15.8. The second-order valence-corrected chi connectivity index (χ2v) is 5.62. The number of hydrogen-bond donors (Lipinski definition) is 1. The Balaban J connectivity index is 2.01. The molecule has 0 saturated carbocycles. The van der Waals surface area contributed by atoms with Crippen molar-refractivity contribution in [3.8, 4) is 0 Å². The molecule has 2 aromatic heterocycles. The number of aromatic nitrogens is 3. The van der Waals surface area contributed by atoms with Crippen molar-refractivity contribution in [3.05, 3.63) is 42.0 Å². The molecule has 0 aliphatic rings. The Labute approximate surface area is 128 Å². The van der Waals surface area contributed by atoms with Gasteiger partial charge in [-0.05, 0) is 37.9 Å². The molecule has 1 N–H and O–H groups in total. The van der Waals surface area contributed by atoms with Gasteiger partial charge in [-0.25, -0.2) is 0 Å². The Morgan fingerprint density at radius 2 is 2.05 bits per heavy atom. The van der Waals surface area contributed by atoms with Crippen LogP contribution in [0.25, 0.3) is 0 Å². The fourth-order valence-corrected chi connectivity index (χ4v) is 2.63. The zero-order chi connectivity index (χ0) is 15.1. The Morgan fingerprint density at radius 3 is 2.71 bits per heavy atom. The van der Waals surface area contributed by atoms with Gasteiger partial charge in [0.05, 0.1) is 12.7 Å². The van der Waals surface area contributed by atoms with Crippen LogP contribution in [0.2, 0.25) is 0 Å². The molecule has 2 aromatic rings. The minimum absolute atomic E-state index is 0.481. The lowest BCUT2D eigenvalue weighted by atomic mass is 10.1. The van der Waals surface area contributed by atoms with Crippen molar-refractivity contribution in [3.63, 3.8) is 0 Å². The van der Waals surface area contributed by atoms with Gasteiger partial charge in [-0.3, -0.25) is 4.68 Å². The summed E-state index contributed by atoms with van der Waals surface area (Å²) in [5.74, 6) is 0. The van der Waals surface area contributed by atoms with Crippen LogP contribution in [0.5, 0.6) is 0 Å². The van der Waals surface area contributed by atoms with Gasteiger partial charge in [0, 0.05) is 36.7 Å². The van der Waals surface area contributed by atoms with Gasteiger partial charge in [-0.15, -0.1) is 0 Å². The van der Waals surface area contributed by atoms with Crippen molar-refractivity contribution in [1.29, 1.82) is 0 Å². The van der Waals surface area contributed by atoms with Crippen molar-refractivity contribution in [2.75, 3.05) is 6.54 Å². The van der Waals surface area contributed by atoms with Crippen LogP contribution in [-0.4, -0.2) is 20.9 Å². The van der Waals surface area contributed by atoms with E-state index < -0.39 is 0 Å². The second-order valence-electron chi connectivity index (χ2n) is 5.62. The van der Waals surface area contributed by atoms with Gasteiger partial charge >= 0.3 is 0 Å². The van der Waals surface area contributed by atoms with Crippen LogP contribution in [0.4, 0.5) is 0 Å². The van der Waals surface area contributed by atoms with Crippen LogP contribution in [-0.2, 0) is 13.1 Å². The summed E-state index contributed by atoms with van der Waals surface area (Å²) in [4.78, 5) is 0. The van der Waals surface area contributed by atoms with Crippen LogP contribution in [0.15, 0.2) is 30.9 Å². The molecule has 0 saturated heterocycles. The van der Waals surface area contributed by atoms with E-state index >= 15 is 0 Å². The predicted molar refractivity (Wildman–Crippen MR) is 87.4 cm³/mol. The van der Waals surface area contributed by atoms with Gasteiger partial charge in [-0.1, -0.05) is 20.3 Å². The third-order valence-electron chi connectivity index (χ3n) is 3.77. The first-order valence-corrected chi connectivity index (χ1v) is 8.17. The SMILES string of the molecule is CCCNC(CCC)c1ccn(Cc2cnn(CC)c2)c1. The molecule has 4 nitrogen and oxygen atoms in total. The van der Waals surface area contributed by atoms with E-state index in [-0.39, 0.29) is 0 Å². The molecule has 0 radical (unpaired) electrons. The molecule has 1 atom stereocenters. The van der Waals surface area contributed by atoms with E-state index in [9.17, 15) is 0 Å². The predicted octanol–water partition coefficient (Wildman–Crippen LogP) is 3.59. The molecule has 0 aliphatic carbocycles. The van der Waals surface area contributed by atoms with Crippen molar-refractivity contribution in [1.82, 2.24) is 19.7 Å². The topological polar surface area (TPSA) is 34.8 Å². The van der Waals surface area contributed by atoms with Crippen LogP contribution in [0, 0.1) is 0 Å². The quantitative estimate of drug-likeness (QED) is 0.765. The van der Waals surface area contributed by atoms with Crippen LogP contribution in [0.1, 0.15) is 57.2 Å². The summed E-state index contributed by atoms with van der Waals surface area (Å²) in [6, 6.07) is 2.72. The maximum atomic E-state index is 4.33. The highest BCUT2D eigenvalue weighted by Gasteiger charge is 2.11. The number of hydrogen-bond acceptors (Lipinski definition) is 2. The molecular weight excluding hydrogens is 260 g/mol. The highest BCUT2D eigenvalue weighted by atomic mass is 15.3. The molecule has 0 fully saturated rings. The summed E-state index contributed by atoms with van der Waals surface area (Å²) in [5, 5.41) is 7.98. The minimum Gasteiger partial charge on any atom is -0.349 e. The lowest BCUT2D eigenvalue weighted by molar-refractivity contribution is 0.493. The zero-order valence-electron chi connectivity index (χ0n) is 13.5. The molecule has 4 heteroatoms. The number of rotatable bonds is 9. The average molecular weight is 288 g/mol. The fraction of sp³-hybridized carbons (Fsp3) is 0.588. The maximum Gasteiger partial charge on any atom is 0.0539 e. The zero-order valence-corrected chi connectivity index (χ0v) is 13.5. The van der Waals surface area contributed by atoms with Crippen molar-refractivity contribution < 1.29 is 0 Å². The Morgan fingerprint density at radius 1 is 1.19 bits per heavy atom. The first-order chi connectivity index (χ1) is 10.3. The molecule has 1 unspecified atom stereocenters. The maximum absolute atomic E-state index is 4.33. The Bertz CT molecular complexity index is 526. The molecule has 116 valence electrons. The summed E-state index contributed by atoms with van der Waals surface area (Å²) < 4.78 is 4.23. The van der Waals surface area contributed by atoms with Gasteiger partial charge < -0.3 is 9.88 Å². The number of aryl methyl sites for hydroxylation is 1. The molecule has 21 heavy (non-hydrogen) atoms. The second kappa shape index (κ2) is 8.03. The van der Waals surface area contributed by atoms with E-state index in [1.165, 1.54) is 30.4 Å². The molecular formula is C17H28N4. The Hall–Kier alpha value is -1.55. The Kier molecular flexibility index (Phi) is 6.05. The van der Waals surface area contributed by atoms with Gasteiger partial charge in [-0.2, -0.15) is 5.10 Å². The molecule has 0 aliphatic heterocycles. The monoisotopic (exact) mass is 288 g/mol. The van der Waals surface area contributed by atoms with E-state index in [1.54, 1.807) is 0 Å². The largest absolute Gasteiger partial charge is 0.349 e. The lowest BCUT2D eigenvalue weighted by Crippen LogP contribution is -2.21. The smallest absolute Gasteiger partial charge is 0.0539 e. The lowest BCUT2D eigenvalue weighted by Gasteiger charge is -2.16. The van der Waals surface area contributed by atoms with E-state index in [2.05, 4.69) is 60.4 Å². The molecule has 2 rings (SSSR count). The molecule has 0 spiro atoms. The third kappa shape index (κ3) is 4.46. The van der Waals surface area contributed by atoms with E-state index in [1.807, 2.05) is 10.9 Å². The first-order valence-electron chi connectivity index (χ1n) is 8.17. The van der Waals surface area contributed by atoms with Crippen molar-refractivity contribution in [2.45, 2.75) is 59.2 Å². The van der Waals surface area contributed by atoms with E-state index in [0.717, 1.165) is 19.6 Å². The molecule has 0 bridgehead atoms. The molecule has 0 aromatic carbocycles. The third-order valence-corrected chi connectivity index (χ3v) is 3.77. The van der Waals surface area contributed by atoms with E-state index in [0.29, 0.717) is 6.04 Å². The van der Waals surface area contributed by atoms with E-state index in [4.69, 9.17) is 0 Å². The van der Waals surface area contributed by atoms with Crippen LogP contribution >= 0.6 is 0 Å². The molecule has 0 amide bonds. The molecule has 2 heterocycles. The summed E-state index contributed by atoms with van der Waals surface area (Å²) in [7, 11) is 0. The summed E-state index contributed by atoms with van der Waals surface area (Å²) in [5.41, 5.74) is 2.65. The summed E-state index contributed by atoms with van der Waals surface area (Å²) in [6.45, 7) is 9.48. The van der Waals surface area contributed by atoms with Gasteiger partial charge in [0.15, 0.2) is 0 Å². The van der Waals surface area contributed by atoms with Gasteiger partial charge in [0.2, 0.25) is 0 Å². The van der Waals surface area contributed by atoms with Crippen molar-refractivity contribution in [2.24, 2.45) is 0 Å². The van der Waals surface area contributed by atoms with Gasteiger partial charge in [0.25, 0.3) is 0 Å². The normalized spacial score (nSPS) is 12.7. The van der Waals surface area contributed by atoms with Gasteiger partial charge in [0.1, 0.15) is 0 Å². The average Bonchev–Trinajstić information content (AvgIpc) is 3.13. The summed E-state index contributed by atoms with van der Waals surface area (Å²) >= 11 is 0. The van der Waals surface area contributed by atoms with Crippen LogP contribution < -0.4 is 5.32 Å². The van der Waals surface area contributed by atoms with Crippen LogP contribution in [0.3, 0.4) is 0 Å². The number of nitrogens with zero attached hydrogens (tertiary/aromatic N) is 3. The highest BCUT2D eigenvalue weighted by Crippen LogP contribution is 2.19. The standard InChI is InChI=1S/C17H28N4/c1-4-7-17(18-9-5-2)16-8-10-20(14-16)12-15-11-19-21(6-3)13-15/h8,10-11,13-14,17-18H,4-7,9,12H2,1-3H3. The summed E-state index contributed by atoms with van der Waals surface area (Å²) in [6.07, 6.45) is 12.1. The fourth-order valence-electron chi connectivity index (χ4n) is 2.63. The minimum atomic E-state index is 0.481. The van der Waals surface area contributed by atoms with Crippen molar-refractivity contribution >= 4 is 0 Å². The highest BCUT2D eigenvalue weighted by molar-refractivity contribution is 5.17. The number of nitrogens with one attached hydrogen (secondary N) is 1.